The van der Waals surface area contributed by atoms with Crippen molar-refractivity contribution in [3.8, 4) is 0 Å². The van der Waals surface area contributed by atoms with Crippen LogP contribution >= 0.6 is 0 Å². The summed E-state index contributed by atoms with van der Waals surface area (Å²) in [6.07, 6.45) is 7.38. The summed E-state index contributed by atoms with van der Waals surface area (Å²) in [5.74, 6) is 0.933. The van der Waals surface area contributed by atoms with Crippen LogP contribution in [0.15, 0.2) is 24.3 Å². The number of carbonyl (C=O) groups is 1. The zero-order valence-electron chi connectivity index (χ0n) is 13.3. The van der Waals surface area contributed by atoms with Crippen LogP contribution < -0.4 is 10.6 Å². The maximum Gasteiger partial charge on any atom is 0.253 e. The van der Waals surface area contributed by atoms with Gasteiger partial charge in [0.25, 0.3) is 5.91 Å². The van der Waals surface area contributed by atoms with Gasteiger partial charge in [0.1, 0.15) is 0 Å². The Bertz CT molecular complexity index is 450. The van der Waals surface area contributed by atoms with Crippen molar-refractivity contribution >= 4 is 11.6 Å². The van der Waals surface area contributed by atoms with Gasteiger partial charge in [0.2, 0.25) is 0 Å². The minimum atomic E-state index is 0.0606. The Kier molecular flexibility index (Phi) is 6.09. The summed E-state index contributed by atoms with van der Waals surface area (Å²) < 4.78 is 0. The number of hydrogen-bond donors (Lipinski definition) is 2. The molecule has 0 atom stereocenters. The fourth-order valence-corrected chi connectivity index (χ4v) is 3.29. The Labute approximate surface area is 128 Å². The lowest BCUT2D eigenvalue weighted by Crippen LogP contribution is -2.37. The van der Waals surface area contributed by atoms with Crippen LogP contribution in [0.5, 0.6) is 0 Å². The Morgan fingerprint density at radius 1 is 1.14 bits per heavy atom. The number of anilines is 1. The first-order chi connectivity index (χ1) is 10.2. The van der Waals surface area contributed by atoms with Crippen LogP contribution in [0.2, 0.25) is 0 Å². The lowest BCUT2D eigenvalue weighted by molar-refractivity contribution is 0.0922. The maximum atomic E-state index is 12.5. The molecular formula is C18H28N2O. The van der Waals surface area contributed by atoms with E-state index in [4.69, 9.17) is 0 Å². The Morgan fingerprint density at radius 3 is 2.52 bits per heavy atom. The molecule has 1 saturated carbocycles. The molecule has 1 aromatic carbocycles. The molecule has 0 bridgehead atoms. The third-order valence-electron chi connectivity index (χ3n) is 4.42. The molecule has 1 aliphatic carbocycles. The predicted octanol–water partition coefficient (Wildman–Crippen LogP) is 4.21. The molecule has 0 radical (unpaired) electrons. The van der Waals surface area contributed by atoms with E-state index in [2.05, 4.69) is 17.6 Å². The van der Waals surface area contributed by atoms with E-state index < -0.39 is 0 Å². The second kappa shape index (κ2) is 8.06. The molecule has 3 nitrogen and oxygen atoms in total. The number of para-hydroxylation sites is 1. The topological polar surface area (TPSA) is 41.1 Å². The summed E-state index contributed by atoms with van der Waals surface area (Å²) >= 11 is 0. The molecule has 116 valence electrons. The van der Waals surface area contributed by atoms with Gasteiger partial charge in [-0.05, 0) is 50.7 Å². The SMILES string of the molecule is CCCC1CCC(NC(=O)c2ccccc2NCC)CC1. The zero-order chi connectivity index (χ0) is 15.1. The first kappa shape index (κ1) is 15.9. The minimum Gasteiger partial charge on any atom is -0.385 e. The summed E-state index contributed by atoms with van der Waals surface area (Å²) in [7, 11) is 0. The molecule has 3 heteroatoms. The van der Waals surface area contributed by atoms with Crippen molar-refractivity contribution in [2.24, 2.45) is 5.92 Å². The van der Waals surface area contributed by atoms with Crippen molar-refractivity contribution < 1.29 is 4.79 Å². The number of hydrogen-bond acceptors (Lipinski definition) is 2. The first-order valence-corrected chi connectivity index (χ1v) is 8.38. The average Bonchev–Trinajstić information content (AvgIpc) is 2.50. The molecule has 0 aliphatic heterocycles. The van der Waals surface area contributed by atoms with E-state index in [1.54, 1.807) is 0 Å². The smallest absolute Gasteiger partial charge is 0.253 e. The van der Waals surface area contributed by atoms with Crippen molar-refractivity contribution in [3.63, 3.8) is 0 Å². The monoisotopic (exact) mass is 288 g/mol. The molecule has 1 fully saturated rings. The fraction of sp³-hybridized carbons (Fsp3) is 0.611. The van der Waals surface area contributed by atoms with Gasteiger partial charge >= 0.3 is 0 Å². The highest BCUT2D eigenvalue weighted by atomic mass is 16.1. The molecule has 2 N–H and O–H groups in total. The van der Waals surface area contributed by atoms with Gasteiger partial charge in [0, 0.05) is 18.3 Å². The van der Waals surface area contributed by atoms with Crippen LogP contribution in [0, 0.1) is 5.92 Å². The summed E-state index contributed by atoms with van der Waals surface area (Å²) in [5.41, 5.74) is 1.69. The number of carbonyl (C=O) groups excluding carboxylic acids is 1. The molecule has 1 aromatic rings. The molecule has 0 saturated heterocycles. The van der Waals surface area contributed by atoms with Crippen LogP contribution in [0.3, 0.4) is 0 Å². The van der Waals surface area contributed by atoms with Crippen molar-refractivity contribution in [1.82, 2.24) is 5.32 Å². The van der Waals surface area contributed by atoms with Gasteiger partial charge < -0.3 is 10.6 Å². The Hall–Kier alpha value is -1.51. The lowest BCUT2D eigenvalue weighted by atomic mass is 9.83. The van der Waals surface area contributed by atoms with Crippen LogP contribution in [0.25, 0.3) is 0 Å². The van der Waals surface area contributed by atoms with E-state index >= 15 is 0 Å². The van der Waals surface area contributed by atoms with E-state index in [0.29, 0.717) is 6.04 Å². The van der Waals surface area contributed by atoms with E-state index in [9.17, 15) is 4.79 Å². The summed E-state index contributed by atoms with van der Waals surface area (Å²) in [6, 6.07) is 8.10. The molecule has 0 heterocycles. The quantitative estimate of drug-likeness (QED) is 0.823. The van der Waals surface area contributed by atoms with E-state index in [0.717, 1.165) is 36.6 Å². The van der Waals surface area contributed by atoms with E-state index in [-0.39, 0.29) is 5.91 Å². The van der Waals surface area contributed by atoms with Crippen LogP contribution in [0.4, 0.5) is 5.69 Å². The predicted molar refractivity (Wildman–Crippen MR) is 88.7 cm³/mol. The van der Waals surface area contributed by atoms with E-state index in [1.165, 1.54) is 25.7 Å². The normalized spacial score (nSPS) is 21.8. The van der Waals surface area contributed by atoms with Crippen LogP contribution in [-0.4, -0.2) is 18.5 Å². The number of amides is 1. The van der Waals surface area contributed by atoms with Crippen molar-refractivity contribution in [3.05, 3.63) is 29.8 Å². The average molecular weight is 288 g/mol. The van der Waals surface area contributed by atoms with Gasteiger partial charge in [-0.15, -0.1) is 0 Å². The second-order valence-electron chi connectivity index (χ2n) is 6.06. The molecule has 0 spiro atoms. The number of rotatable bonds is 6. The van der Waals surface area contributed by atoms with Crippen molar-refractivity contribution in [2.45, 2.75) is 58.4 Å². The minimum absolute atomic E-state index is 0.0606. The Balaban J connectivity index is 1.90. The standard InChI is InChI=1S/C18H28N2O/c1-3-7-14-10-12-15(13-11-14)20-18(21)16-8-5-6-9-17(16)19-4-2/h5-6,8-9,14-15,19H,3-4,7,10-13H2,1-2H3,(H,20,21). The van der Waals surface area contributed by atoms with Crippen LogP contribution in [-0.2, 0) is 0 Å². The largest absolute Gasteiger partial charge is 0.385 e. The van der Waals surface area contributed by atoms with Crippen LogP contribution in [0.1, 0.15) is 62.7 Å². The molecule has 1 aliphatic rings. The van der Waals surface area contributed by atoms with Gasteiger partial charge in [-0.3, -0.25) is 4.79 Å². The van der Waals surface area contributed by atoms with Gasteiger partial charge in [0.15, 0.2) is 0 Å². The molecule has 21 heavy (non-hydrogen) atoms. The summed E-state index contributed by atoms with van der Waals surface area (Å²) in [6.45, 7) is 5.13. The fourth-order valence-electron chi connectivity index (χ4n) is 3.29. The zero-order valence-corrected chi connectivity index (χ0v) is 13.3. The molecular weight excluding hydrogens is 260 g/mol. The third-order valence-corrected chi connectivity index (χ3v) is 4.42. The molecule has 0 aromatic heterocycles. The molecule has 2 rings (SSSR count). The summed E-state index contributed by atoms with van der Waals surface area (Å²) in [5, 5.41) is 6.47. The molecule has 1 amide bonds. The summed E-state index contributed by atoms with van der Waals surface area (Å²) in [4.78, 5) is 12.5. The van der Waals surface area contributed by atoms with Gasteiger partial charge in [-0.2, -0.15) is 0 Å². The maximum absolute atomic E-state index is 12.5. The first-order valence-electron chi connectivity index (χ1n) is 8.38. The highest BCUT2D eigenvalue weighted by molar-refractivity contribution is 5.99. The van der Waals surface area contributed by atoms with Gasteiger partial charge in [-0.25, -0.2) is 0 Å². The van der Waals surface area contributed by atoms with Crippen molar-refractivity contribution in [1.29, 1.82) is 0 Å². The van der Waals surface area contributed by atoms with Gasteiger partial charge in [0.05, 0.1) is 5.56 Å². The molecule has 0 unspecified atom stereocenters. The highest BCUT2D eigenvalue weighted by Crippen LogP contribution is 2.28. The number of nitrogens with one attached hydrogen (secondary N) is 2. The third kappa shape index (κ3) is 4.48. The van der Waals surface area contributed by atoms with E-state index in [1.807, 2.05) is 31.2 Å². The van der Waals surface area contributed by atoms with Gasteiger partial charge in [-0.1, -0.05) is 31.9 Å². The highest BCUT2D eigenvalue weighted by Gasteiger charge is 2.22. The lowest BCUT2D eigenvalue weighted by Gasteiger charge is -2.29. The van der Waals surface area contributed by atoms with Crippen molar-refractivity contribution in [2.75, 3.05) is 11.9 Å². The Morgan fingerprint density at radius 2 is 1.86 bits per heavy atom. The number of benzene rings is 1. The second-order valence-corrected chi connectivity index (χ2v) is 6.06.